The number of ether oxygens (including phenoxy) is 4. The number of aliphatic hydroxyl groups is 2. The third-order valence-corrected chi connectivity index (χ3v) is 14.8. The van der Waals surface area contributed by atoms with Crippen molar-refractivity contribution in [3.05, 3.63) is 48.5 Å². The van der Waals surface area contributed by atoms with Crippen molar-refractivity contribution in [1.29, 1.82) is 0 Å². The van der Waals surface area contributed by atoms with Crippen molar-refractivity contribution in [3.8, 4) is 23.0 Å². The van der Waals surface area contributed by atoms with E-state index in [4.69, 9.17) is 33.9 Å². The minimum Gasteiger partial charge on any atom is -0.495 e. The van der Waals surface area contributed by atoms with Crippen LogP contribution in [0.4, 0.5) is 62.0 Å². The first kappa shape index (κ1) is 55.6. The topological polar surface area (TPSA) is 334 Å². The molecule has 7 aromatic rings. The second-order valence-corrected chi connectivity index (χ2v) is 20.0. The van der Waals surface area contributed by atoms with Crippen LogP contribution < -0.4 is 44.3 Å². The van der Waals surface area contributed by atoms with Crippen molar-refractivity contribution in [1.82, 2.24) is 23.7 Å². The number of benzene rings is 4. The molecule has 0 atom stereocenters. The maximum absolute atomic E-state index is 12.1. The van der Waals surface area contributed by atoms with E-state index in [1.807, 2.05) is 27.7 Å². The van der Waals surface area contributed by atoms with Crippen molar-refractivity contribution >= 4 is 127 Å². The Morgan fingerprint density at radius 3 is 1.25 bits per heavy atom. The van der Waals surface area contributed by atoms with E-state index in [0.717, 1.165) is 23.1 Å². The first-order valence-electron chi connectivity index (χ1n) is 22.9. The summed E-state index contributed by atoms with van der Waals surface area (Å²) in [5.74, 6) is 0.699. The molecule has 0 amide bonds. The van der Waals surface area contributed by atoms with Crippen LogP contribution in [0.25, 0.3) is 21.8 Å². The quantitative estimate of drug-likeness (QED) is 0.0231. The van der Waals surface area contributed by atoms with E-state index >= 15 is 0 Å². The molecule has 0 saturated heterocycles. The number of fused-ring (bicyclic) bond motifs is 2. The molecule has 75 heavy (non-hydrogen) atoms. The van der Waals surface area contributed by atoms with Gasteiger partial charge in [0.05, 0.1) is 75.4 Å². The van der Waals surface area contributed by atoms with E-state index in [1.165, 1.54) is 52.7 Å². The molecule has 30 heteroatoms. The minimum absolute atomic E-state index is 0.0174. The summed E-state index contributed by atoms with van der Waals surface area (Å²) in [7, 11) is -3.71. The number of aromatic nitrogens is 5. The van der Waals surface area contributed by atoms with Gasteiger partial charge in [-0.15, -0.1) is 20.5 Å². The number of hydrogen-bond acceptors (Lipinski definition) is 26. The Kier molecular flexibility index (Phi) is 17.8. The van der Waals surface area contributed by atoms with Crippen LogP contribution in [0.2, 0.25) is 0 Å². The van der Waals surface area contributed by atoms with Gasteiger partial charge in [0.25, 0.3) is 20.2 Å². The van der Waals surface area contributed by atoms with Crippen LogP contribution in [0.5, 0.6) is 23.0 Å². The first-order chi connectivity index (χ1) is 35.9. The fraction of sp³-hybridized carbons (Fsp3) is 0.356. The van der Waals surface area contributed by atoms with Gasteiger partial charge < -0.3 is 54.5 Å². The van der Waals surface area contributed by atoms with Gasteiger partial charge in [0.2, 0.25) is 17.8 Å². The molecule has 7 rings (SSSR count). The molecule has 0 aliphatic carbocycles. The number of aliphatic hydroxyl groups excluding tert-OH is 2. The van der Waals surface area contributed by atoms with E-state index in [9.17, 15) is 36.2 Å². The normalized spacial score (nSPS) is 12.0. The van der Waals surface area contributed by atoms with Crippen LogP contribution in [0, 0.1) is 0 Å². The first-order valence-corrected chi connectivity index (χ1v) is 27.3. The monoisotopic (exact) mass is 1110 g/mol. The fourth-order valence-corrected chi connectivity index (χ4v) is 10.4. The second kappa shape index (κ2) is 24.0. The van der Waals surface area contributed by atoms with Crippen LogP contribution >= 0.6 is 23.1 Å². The van der Waals surface area contributed by atoms with Gasteiger partial charge >= 0.3 is 0 Å². The molecule has 0 fully saturated rings. The molecular formula is C45H54N14O12S4. The van der Waals surface area contributed by atoms with Gasteiger partial charge in [-0.25, -0.2) is 0 Å². The minimum atomic E-state index is -4.65. The lowest BCUT2D eigenvalue weighted by molar-refractivity contribution is 0.280. The highest BCUT2D eigenvalue weighted by Gasteiger charge is 2.24. The molecule has 0 spiro atoms. The lowest BCUT2D eigenvalue weighted by Crippen LogP contribution is -2.31. The van der Waals surface area contributed by atoms with Gasteiger partial charge in [0, 0.05) is 62.2 Å². The average molecular weight is 1110 g/mol. The lowest BCUT2D eigenvalue weighted by Gasteiger charge is -2.25. The van der Waals surface area contributed by atoms with E-state index in [0.29, 0.717) is 71.2 Å². The molecule has 0 radical (unpaired) electrons. The Bertz CT molecular complexity index is 3260. The van der Waals surface area contributed by atoms with Gasteiger partial charge in [-0.05, 0) is 87.2 Å². The second-order valence-electron chi connectivity index (χ2n) is 15.8. The SMILES string of the molecule is CCN(CC)c1cc(Nc2nc(Nc3cc(N(CC)CC)c(OC)cc3N=Nc3snc4cc(S(=O)(=O)O)c(OC)cc34)nc(N(CCO)CCO)n2)c(N=Nc2snc3cc(S(=O)(=O)O)c(OC)cc23)cc1OC. The highest BCUT2D eigenvalue weighted by Crippen LogP contribution is 2.45. The number of rotatable bonds is 25. The zero-order chi connectivity index (χ0) is 54.2. The molecule has 3 aromatic heterocycles. The van der Waals surface area contributed by atoms with E-state index in [-0.39, 0.29) is 88.1 Å². The molecule has 0 aliphatic heterocycles. The Morgan fingerprint density at radius 1 is 0.533 bits per heavy atom. The Hall–Kier alpha value is -7.19. The largest absolute Gasteiger partial charge is 0.495 e. The van der Waals surface area contributed by atoms with Gasteiger partial charge in [0.1, 0.15) is 44.2 Å². The molecule has 6 N–H and O–H groups in total. The zero-order valence-corrected chi connectivity index (χ0v) is 45.1. The summed E-state index contributed by atoms with van der Waals surface area (Å²) in [6.45, 7) is 9.83. The van der Waals surface area contributed by atoms with E-state index < -0.39 is 30.0 Å². The molecule has 0 unspecified atom stereocenters. The fourth-order valence-electron chi connectivity index (χ4n) is 7.78. The smallest absolute Gasteiger partial charge is 0.298 e. The molecule has 3 heterocycles. The maximum Gasteiger partial charge on any atom is 0.298 e. The van der Waals surface area contributed by atoms with Crippen molar-refractivity contribution < 1.29 is 55.1 Å². The van der Waals surface area contributed by atoms with Gasteiger partial charge in [-0.2, -0.15) is 40.5 Å². The van der Waals surface area contributed by atoms with Crippen LogP contribution in [0.15, 0.2) is 78.8 Å². The zero-order valence-electron chi connectivity index (χ0n) is 41.8. The highest BCUT2D eigenvalue weighted by atomic mass is 32.2. The number of anilines is 7. The molecule has 400 valence electrons. The van der Waals surface area contributed by atoms with Crippen molar-refractivity contribution in [2.75, 3.05) is 106 Å². The molecular weight excluding hydrogens is 1060 g/mol. The predicted molar refractivity (Wildman–Crippen MR) is 286 cm³/mol. The number of nitrogens with one attached hydrogen (secondary N) is 2. The maximum atomic E-state index is 12.1. The van der Waals surface area contributed by atoms with Gasteiger partial charge in [-0.3, -0.25) is 9.11 Å². The molecule has 0 saturated carbocycles. The lowest BCUT2D eigenvalue weighted by atomic mass is 10.2. The third kappa shape index (κ3) is 12.3. The predicted octanol–water partition coefficient (Wildman–Crippen LogP) is 8.42. The van der Waals surface area contributed by atoms with Crippen LogP contribution in [-0.2, 0) is 20.2 Å². The van der Waals surface area contributed by atoms with E-state index in [2.05, 4.69) is 49.6 Å². The van der Waals surface area contributed by atoms with Crippen LogP contribution in [0.3, 0.4) is 0 Å². The van der Waals surface area contributed by atoms with Crippen LogP contribution in [0.1, 0.15) is 27.7 Å². The van der Waals surface area contributed by atoms with Crippen molar-refractivity contribution in [2.45, 2.75) is 37.5 Å². The summed E-state index contributed by atoms with van der Waals surface area (Å²) < 4.78 is 99.2. The molecule has 4 aromatic carbocycles. The summed E-state index contributed by atoms with van der Waals surface area (Å²) in [5.41, 5.74) is 3.01. The van der Waals surface area contributed by atoms with Crippen LogP contribution in [-0.4, -0.2) is 141 Å². The summed E-state index contributed by atoms with van der Waals surface area (Å²) in [6, 6.07) is 12.1. The Balaban J connectivity index is 1.38. The Morgan fingerprint density at radius 2 is 0.920 bits per heavy atom. The van der Waals surface area contributed by atoms with Gasteiger partial charge in [-0.1, -0.05) is 0 Å². The van der Waals surface area contributed by atoms with Crippen molar-refractivity contribution in [2.24, 2.45) is 20.5 Å². The molecule has 0 bridgehead atoms. The number of azo groups is 2. The van der Waals surface area contributed by atoms with E-state index in [1.54, 1.807) is 29.2 Å². The number of hydrogen-bond donors (Lipinski definition) is 6. The molecule has 26 nitrogen and oxygen atoms in total. The number of nitrogens with zero attached hydrogens (tertiary/aromatic N) is 12. The summed E-state index contributed by atoms with van der Waals surface area (Å²) in [6.07, 6.45) is 0. The number of methoxy groups -OCH3 is 4. The standard InChI is InChI=1S/C45H54N14O12S4/c1-9-57(10-2)33-19-29(31(21-35(33)68-5)51-53-41-25-17-37(70-7)39(74(62,63)64)23-27(25)55-72-41)46-43-48-44(50-45(49-43)59(13-15-60)14-16-61)47-30-20-34(58(11-3)12-4)36(69-6)22-32(30)52-54-42-26-18-38(71-8)40(75(65,66)67)24-28(26)56-73-42/h17-24,60-61H,9-16H2,1-8H3,(H,62,63,64)(H,65,66,67)(H2,46,47,48,49,50). The Labute approximate surface area is 439 Å². The molecule has 0 aliphatic rings. The summed E-state index contributed by atoms with van der Waals surface area (Å²) >= 11 is 1.87. The average Bonchev–Trinajstić information content (AvgIpc) is 3.99. The summed E-state index contributed by atoms with van der Waals surface area (Å²) in [5, 5.41) is 46.5. The highest BCUT2D eigenvalue weighted by molar-refractivity contribution is 7.86. The summed E-state index contributed by atoms with van der Waals surface area (Å²) in [4.78, 5) is 19.1. The third-order valence-electron chi connectivity index (χ3n) is 11.5. The van der Waals surface area contributed by atoms with Gasteiger partial charge in [0.15, 0.2) is 10.0 Å². The van der Waals surface area contributed by atoms with Crippen molar-refractivity contribution in [3.63, 3.8) is 0 Å².